The number of furan rings is 1. The van der Waals surface area contributed by atoms with Crippen LogP contribution in [0.15, 0.2) is 54.8 Å². The lowest BCUT2D eigenvalue weighted by Gasteiger charge is -2.07. The number of aromatic amines is 1. The fourth-order valence-electron chi connectivity index (χ4n) is 1.94. The Balaban J connectivity index is 2.21. The average Bonchev–Trinajstić information content (AvgIpc) is 2.86. The van der Waals surface area contributed by atoms with Gasteiger partial charge in [-0.15, -0.1) is 0 Å². The number of hydrogen-bond acceptors (Lipinski definition) is 4. The number of aromatic nitrogens is 2. The number of H-pyrrole nitrogens is 1. The average molecular weight is 412 g/mol. The van der Waals surface area contributed by atoms with Crippen molar-refractivity contribution in [1.29, 1.82) is 0 Å². The first kappa shape index (κ1) is 14.1. The van der Waals surface area contributed by atoms with E-state index in [1.54, 1.807) is 24.3 Å². The number of rotatable bonds is 2. The Labute approximate surface area is 135 Å². The van der Waals surface area contributed by atoms with Crippen LogP contribution in [-0.4, -0.2) is 15.1 Å². The first-order valence-electron chi connectivity index (χ1n) is 5.89. The molecule has 21 heavy (non-hydrogen) atoms. The van der Waals surface area contributed by atoms with E-state index < -0.39 is 5.56 Å². The van der Waals surface area contributed by atoms with E-state index in [1.807, 2.05) is 6.07 Å². The van der Waals surface area contributed by atoms with E-state index in [4.69, 9.17) is 4.42 Å². The molecule has 0 unspecified atom stereocenters. The molecule has 2 N–H and O–H groups in total. The predicted octanol–water partition coefficient (Wildman–Crippen LogP) is 3.93. The second-order valence-electron chi connectivity index (χ2n) is 4.19. The van der Waals surface area contributed by atoms with Gasteiger partial charge in [0, 0.05) is 10.0 Å². The second kappa shape index (κ2) is 5.50. The Morgan fingerprint density at radius 1 is 1.14 bits per heavy atom. The standard InChI is InChI=1S/C14H8Br2N2O3/c15-8-4-2-1-3-7(8)10-13(19)17-12(18-14(10)20)11-9(16)5-6-21-11/h1-6H,(H2,17,18,19,20). The molecular weight excluding hydrogens is 404 g/mol. The number of aromatic hydroxyl groups is 1. The van der Waals surface area contributed by atoms with Crippen LogP contribution >= 0.6 is 31.9 Å². The molecule has 0 saturated carbocycles. The second-order valence-corrected chi connectivity index (χ2v) is 5.90. The molecule has 2 aromatic heterocycles. The van der Waals surface area contributed by atoms with E-state index in [-0.39, 0.29) is 17.3 Å². The highest BCUT2D eigenvalue weighted by Crippen LogP contribution is 2.32. The molecule has 1 aromatic carbocycles. The normalized spacial score (nSPS) is 10.8. The molecule has 0 fully saturated rings. The molecule has 0 amide bonds. The van der Waals surface area contributed by atoms with Crippen LogP contribution in [0.25, 0.3) is 22.7 Å². The molecule has 0 spiro atoms. The van der Waals surface area contributed by atoms with E-state index in [0.717, 1.165) is 0 Å². The third-order valence-electron chi connectivity index (χ3n) is 2.88. The maximum absolute atomic E-state index is 12.3. The van der Waals surface area contributed by atoms with Gasteiger partial charge in [-0.2, -0.15) is 4.98 Å². The smallest absolute Gasteiger partial charge is 0.263 e. The van der Waals surface area contributed by atoms with Crippen LogP contribution in [0.5, 0.6) is 5.88 Å². The summed E-state index contributed by atoms with van der Waals surface area (Å²) in [5.74, 6) is 0.148. The summed E-state index contributed by atoms with van der Waals surface area (Å²) in [6.45, 7) is 0. The summed E-state index contributed by atoms with van der Waals surface area (Å²) < 4.78 is 6.56. The van der Waals surface area contributed by atoms with Gasteiger partial charge < -0.3 is 14.5 Å². The van der Waals surface area contributed by atoms with Crippen molar-refractivity contribution in [3.63, 3.8) is 0 Å². The summed E-state index contributed by atoms with van der Waals surface area (Å²) in [6.07, 6.45) is 1.46. The Morgan fingerprint density at radius 3 is 2.52 bits per heavy atom. The maximum Gasteiger partial charge on any atom is 0.263 e. The zero-order valence-electron chi connectivity index (χ0n) is 10.4. The van der Waals surface area contributed by atoms with Crippen molar-refractivity contribution < 1.29 is 9.52 Å². The van der Waals surface area contributed by atoms with Gasteiger partial charge in [0.15, 0.2) is 11.6 Å². The van der Waals surface area contributed by atoms with Crippen LogP contribution in [-0.2, 0) is 0 Å². The largest absolute Gasteiger partial charge is 0.493 e. The van der Waals surface area contributed by atoms with E-state index in [0.29, 0.717) is 20.3 Å². The summed E-state index contributed by atoms with van der Waals surface area (Å²) in [5.41, 5.74) is 0.218. The van der Waals surface area contributed by atoms with E-state index in [2.05, 4.69) is 41.8 Å². The molecule has 0 aliphatic rings. The van der Waals surface area contributed by atoms with E-state index >= 15 is 0 Å². The van der Waals surface area contributed by atoms with Gasteiger partial charge >= 0.3 is 0 Å². The van der Waals surface area contributed by atoms with Crippen molar-refractivity contribution in [3.05, 3.63) is 55.9 Å². The highest BCUT2D eigenvalue weighted by Gasteiger charge is 2.18. The molecule has 3 aromatic rings. The molecule has 7 heteroatoms. The first-order chi connectivity index (χ1) is 10.1. The van der Waals surface area contributed by atoms with Crippen LogP contribution in [0, 0.1) is 0 Å². The van der Waals surface area contributed by atoms with Gasteiger partial charge in [-0.25, -0.2) is 0 Å². The zero-order chi connectivity index (χ0) is 15.0. The molecule has 0 radical (unpaired) electrons. The minimum atomic E-state index is -0.451. The summed E-state index contributed by atoms with van der Waals surface area (Å²) in [5, 5.41) is 10.1. The Morgan fingerprint density at radius 2 is 1.90 bits per heavy atom. The number of nitrogens with one attached hydrogen (secondary N) is 1. The van der Waals surface area contributed by atoms with Crippen molar-refractivity contribution in [1.82, 2.24) is 9.97 Å². The van der Waals surface area contributed by atoms with Crippen molar-refractivity contribution in [2.45, 2.75) is 0 Å². The van der Waals surface area contributed by atoms with Crippen molar-refractivity contribution >= 4 is 31.9 Å². The van der Waals surface area contributed by atoms with Crippen LogP contribution in [0.1, 0.15) is 0 Å². The molecule has 0 saturated heterocycles. The lowest BCUT2D eigenvalue weighted by Crippen LogP contribution is -2.12. The monoisotopic (exact) mass is 410 g/mol. The van der Waals surface area contributed by atoms with Gasteiger partial charge in [0.05, 0.1) is 10.7 Å². The molecule has 0 atom stereocenters. The molecular formula is C14H8Br2N2O3. The van der Waals surface area contributed by atoms with Gasteiger partial charge in [0.2, 0.25) is 5.88 Å². The molecule has 0 bridgehead atoms. The fourth-order valence-corrected chi connectivity index (χ4v) is 2.81. The number of hydrogen-bond donors (Lipinski definition) is 2. The minimum Gasteiger partial charge on any atom is -0.493 e. The summed E-state index contributed by atoms with van der Waals surface area (Å²) in [7, 11) is 0. The number of benzene rings is 1. The summed E-state index contributed by atoms with van der Waals surface area (Å²) in [6, 6.07) is 8.77. The van der Waals surface area contributed by atoms with E-state index in [9.17, 15) is 9.90 Å². The quantitative estimate of drug-likeness (QED) is 0.669. The number of halogens is 2. The van der Waals surface area contributed by atoms with Gasteiger partial charge in [-0.1, -0.05) is 34.1 Å². The Bertz CT molecular complexity index is 871. The van der Waals surface area contributed by atoms with Gasteiger partial charge in [-0.3, -0.25) is 4.79 Å². The Hall–Kier alpha value is -1.86. The molecule has 5 nitrogen and oxygen atoms in total. The third-order valence-corrected chi connectivity index (χ3v) is 4.19. The summed E-state index contributed by atoms with van der Waals surface area (Å²) >= 11 is 6.63. The topological polar surface area (TPSA) is 79.1 Å². The summed E-state index contributed by atoms with van der Waals surface area (Å²) in [4.78, 5) is 18.9. The molecule has 2 heterocycles. The fraction of sp³-hybridized carbons (Fsp3) is 0. The zero-order valence-corrected chi connectivity index (χ0v) is 13.6. The molecule has 106 valence electrons. The van der Waals surface area contributed by atoms with Gasteiger partial charge in [0.1, 0.15) is 5.56 Å². The first-order valence-corrected chi connectivity index (χ1v) is 7.48. The maximum atomic E-state index is 12.3. The highest BCUT2D eigenvalue weighted by molar-refractivity contribution is 9.11. The van der Waals surface area contributed by atoms with Crippen LogP contribution in [0.3, 0.4) is 0 Å². The minimum absolute atomic E-state index is 0.105. The third kappa shape index (κ3) is 2.54. The van der Waals surface area contributed by atoms with Crippen LogP contribution in [0.4, 0.5) is 0 Å². The van der Waals surface area contributed by atoms with Gasteiger partial charge in [0.25, 0.3) is 5.56 Å². The SMILES string of the molecule is O=c1[nH]c(-c2occc2Br)nc(O)c1-c1ccccc1Br. The van der Waals surface area contributed by atoms with Crippen LogP contribution < -0.4 is 5.56 Å². The van der Waals surface area contributed by atoms with Crippen molar-refractivity contribution in [2.24, 2.45) is 0 Å². The number of nitrogens with zero attached hydrogens (tertiary/aromatic N) is 1. The van der Waals surface area contributed by atoms with E-state index in [1.165, 1.54) is 6.26 Å². The predicted molar refractivity (Wildman–Crippen MR) is 85.1 cm³/mol. The Kier molecular flexibility index (Phi) is 3.69. The molecule has 3 rings (SSSR count). The molecule has 0 aliphatic heterocycles. The van der Waals surface area contributed by atoms with Crippen LogP contribution in [0.2, 0.25) is 0 Å². The van der Waals surface area contributed by atoms with Crippen molar-refractivity contribution in [3.8, 4) is 28.6 Å². The molecule has 0 aliphatic carbocycles. The lowest BCUT2D eigenvalue weighted by molar-refractivity contribution is 0.452. The van der Waals surface area contributed by atoms with Gasteiger partial charge in [-0.05, 0) is 28.1 Å². The highest BCUT2D eigenvalue weighted by atomic mass is 79.9. The van der Waals surface area contributed by atoms with Crippen molar-refractivity contribution in [2.75, 3.05) is 0 Å². The lowest BCUT2D eigenvalue weighted by atomic mass is 10.1.